The number of pyridine rings is 1. The molecular formula is C27H29N7O. The van der Waals surface area contributed by atoms with Crippen molar-refractivity contribution >= 4 is 28.6 Å². The summed E-state index contributed by atoms with van der Waals surface area (Å²) in [5.41, 5.74) is 4.17. The predicted octanol–water partition coefficient (Wildman–Crippen LogP) is 3.44. The first-order chi connectivity index (χ1) is 17.3. The van der Waals surface area contributed by atoms with Crippen molar-refractivity contribution in [3.63, 3.8) is 0 Å². The molecule has 0 spiro atoms. The van der Waals surface area contributed by atoms with Gasteiger partial charge in [0.1, 0.15) is 12.2 Å². The summed E-state index contributed by atoms with van der Waals surface area (Å²) in [4.78, 5) is 33.3. The van der Waals surface area contributed by atoms with Gasteiger partial charge in [-0.15, -0.1) is 0 Å². The van der Waals surface area contributed by atoms with Crippen molar-refractivity contribution in [2.45, 2.75) is 19.4 Å². The minimum absolute atomic E-state index is 0.131. The van der Waals surface area contributed by atoms with E-state index in [4.69, 9.17) is 0 Å². The van der Waals surface area contributed by atoms with E-state index < -0.39 is 0 Å². The van der Waals surface area contributed by atoms with E-state index in [0.29, 0.717) is 19.6 Å². The van der Waals surface area contributed by atoms with E-state index in [2.05, 4.69) is 49.0 Å². The van der Waals surface area contributed by atoms with Crippen LogP contribution in [0.15, 0.2) is 67.3 Å². The number of para-hydroxylation sites is 1. The fourth-order valence-electron chi connectivity index (χ4n) is 5.12. The van der Waals surface area contributed by atoms with Crippen LogP contribution < -0.4 is 9.80 Å². The smallest absolute Gasteiger partial charge is 0.242 e. The summed E-state index contributed by atoms with van der Waals surface area (Å²) in [5.74, 6) is 0.952. The number of rotatable bonds is 5. The van der Waals surface area contributed by atoms with Crippen LogP contribution in [0.4, 0.5) is 11.6 Å². The minimum atomic E-state index is 0.131. The van der Waals surface area contributed by atoms with Gasteiger partial charge in [0.2, 0.25) is 11.9 Å². The molecule has 0 N–H and O–H groups in total. The Morgan fingerprint density at radius 3 is 2.37 bits per heavy atom. The Morgan fingerprint density at radius 1 is 0.800 bits per heavy atom. The molecule has 1 amide bonds. The second kappa shape index (κ2) is 9.37. The molecule has 0 unspecified atom stereocenters. The molecule has 0 radical (unpaired) electrons. The summed E-state index contributed by atoms with van der Waals surface area (Å²) in [7, 11) is 0. The quantitative estimate of drug-likeness (QED) is 0.448. The van der Waals surface area contributed by atoms with Gasteiger partial charge in [-0.25, -0.2) is 15.0 Å². The molecule has 3 aromatic heterocycles. The highest BCUT2D eigenvalue weighted by atomic mass is 16.2. The average Bonchev–Trinajstić information content (AvgIpc) is 3.60. The zero-order valence-corrected chi connectivity index (χ0v) is 19.8. The Balaban J connectivity index is 1.13. The van der Waals surface area contributed by atoms with Gasteiger partial charge in [-0.05, 0) is 37.1 Å². The monoisotopic (exact) mass is 467 g/mol. The second-order valence-electron chi connectivity index (χ2n) is 9.21. The summed E-state index contributed by atoms with van der Waals surface area (Å²) in [6, 6.07) is 14.3. The number of carbonyl (C=O) groups excluding carboxylic acids is 1. The molecule has 178 valence electrons. The Bertz CT molecular complexity index is 1320. The number of anilines is 2. The molecule has 2 aliphatic heterocycles. The van der Waals surface area contributed by atoms with Gasteiger partial charge in [-0.2, -0.15) is 0 Å². The lowest BCUT2D eigenvalue weighted by Gasteiger charge is -2.37. The number of amides is 1. The standard InChI is InChI=1S/C27H29N7O/c35-25(20-34-13-9-21-6-5-10-28-26(21)34)32-16-14-31(15-17-32)24-8-2-1-7-23(24)22-18-29-27(30-19-22)33-11-3-4-12-33/h1-2,5-10,13,18-19H,3-4,11-12,14-17,20H2. The summed E-state index contributed by atoms with van der Waals surface area (Å²) in [6.45, 7) is 5.37. The minimum Gasteiger partial charge on any atom is -0.367 e. The molecule has 8 heteroatoms. The van der Waals surface area contributed by atoms with Crippen LogP contribution in [0.2, 0.25) is 0 Å². The van der Waals surface area contributed by atoms with Gasteiger partial charge in [0.25, 0.3) is 0 Å². The van der Waals surface area contributed by atoms with Crippen molar-refractivity contribution in [3.8, 4) is 11.1 Å². The third kappa shape index (κ3) is 4.32. The zero-order valence-electron chi connectivity index (χ0n) is 19.8. The first-order valence-corrected chi connectivity index (χ1v) is 12.4. The van der Waals surface area contributed by atoms with E-state index in [1.165, 1.54) is 12.8 Å². The van der Waals surface area contributed by atoms with Crippen molar-refractivity contribution in [2.24, 2.45) is 0 Å². The predicted molar refractivity (Wildman–Crippen MR) is 137 cm³/mol. The normalized spacial score (nSPS) is 16.3. The summed E-state index contributed by atoms with van der Waals surface area (Å²) >= 11 is 0. The van der Waals surface area contributed by atoms with Gasteiger partial charge in [-0.1, -0.05) is 18.2 Å². The Morgan fingerprint density at radius 2 is 1.57 bits per heavy atom. The summed E-state index contributed by atoms with van der Waals surface area (Å²) < 4.78 is 1.94. The van der Waals surface area contributed by atoms with E-state index in [9.17, 15) is 4.79 Å². The number of piperazine rings is 1. The first-order valence-electron chi connectivity index (χ1n) is 12.4. The lowest BCUT2D eigenvalue weighted by molar-refractivity contribution is -0.132. The number of aromatic nitrogens is 4. The van der Waals surface area contributed by atoms with Crippen LogP contribution in [-0.2, 0) is 11.3 Å². The molecule has 0 bridgehead atoms. The number of fused-ring (bicyclic) bond motifs is 1. The van der Waals surface area contributed by atoms with Gasteiger partial charge in [0.15, 0.2) is 0 Å². The first kappa shape index (κ1) is 21.6. The van der Waals surface area contributed by atoms with Crippen LogP contribution >= 0.6 is 0 Å². The molecule has 1 aromatic carbocycles. The van der Waals surface area contributed by atoms with Gasteiger partial charge in [0, 0.05) is 86.3 Å². The molecule has 2 aliphatic rings. The lowest BCUT2D eigenvalue weighted by Crippen LogP contribution is -2.49. The highest BCUT2D eigenvalue weighted by molar-refractivity contribution is 5.82. The maximum atomic E-state index is 13.0. The number of hydrogen-bond donors (Lipinski definition) is 0. The van der Waals surface area contributed by atoms with Crippen LogP contribution in [-0.4, -0.2) is 69.6 Å². The lowest BCUT2D eigenvalue weighted by atomic mass is 10.1. The van der Waals surface area contributed by atoms with Crippen molar-refractivity contribution in [1.82, 2.24) is 24.4 Å². The van der Waals surface area contributed by atoms with Gasteiger partial charge >= 0.3 is 0 Å². The molecule has 0 saturated carbocycles. The molecule has 0 atom stereocenters. The highest BCUT2D eigenvalue weighted by Crippen LogP contribution is 2.31. The average molecular weight is 468 g/mol. The maximum Gasteiger partial charge on any atom is 0.242 e. The number of benzene rings is 1. The van der Waals surface area contributed by atoms with Crippen LogP contribution in [0.25, 0.3) is 22.2 Å². The third-order valence-corrected chi connectivity index (χ3v) is 7.04. The fraction of sp³-hybridized carbons (Fsp3) is 0.333. The van der Waals surface area contributed by atoms with E-state index >= 15 is 0 Å². The SMILES string of the molecule is O=C(Cn1ccc2cccnc21)N1CCN(c2ccccc2-c2cnc(N3CCCC3)nc2)CC1. The number of hydrogen-bond acceptors (Lipinski definition) is 6. The van der Waals surface area contributed by atoms with Crippen LogP contribution in [0.5, 0.6) is 0 Å². The highest BCUT2D eigenvalue weighted by Gasteiger charge is 2.24. The molecule has 5 heterocycles. The van der Waals surface area contributed by atoms with E-state index in [1.807, 2.05) is 46.3 Å². The van der Waals surface area contributed by atoms with Crippen molar-refractivity contribution in [2.75, 3.05) is 49.1 Å². The van der Waals surface area contributed by atoms with Crippen molar-refractivity contribution in [1.29, 1.82) is 0 Å². The fourth-order valence-corrected chi connectivity index (χ4v) is 5.12. The zero-order chi connectivity index (χ0) is 23.6. The molecule has 6 rings (SSSR count). The Kier molecular flexibility index (Phi) is 5.78. The van der Waals surface area contributed by atoms with Crippen molar-refractivity contribution < 1.29 is 4.79 Å². The molecule has 2 fully saturated rings. The van der Waals surface area contributed by atoms with E-state index in [1.54, 1.807) is 6.20 Å². The topological polar surface area (TPSA) is 70.4 Å². The van der Waals surface area contributed by atoms with E-state index in [-0.39, 0.29) is 5.91 Å². The Hall–Kier alpha value is -3.94. The second-order valence-corrected chi connectivity index (χ2v) is 9.21. The maximum absolute atomic E-state index is 13.0. The van der Waals surface area contributed by atoms with Crippen LogP contribution in [0.1, 0.15) is 12.8 Å². The largest absolute Gasteiger partial charge is 0.367 e. The number of carbonyl (C=O) groups is 1. The molecule has 35 heavy (non-hydrogen) atoms. The number of nitrogens with zero attached hydrogens (tertiary/aromatic N) is 7. The molecule has 8 nitrogen and oxygen atoms in total. The Labute approximate surface area is 204 Å². The van der Waals surface area contributed by atoms with Crippen LogP contribution in [0, 0.1) is 0 Å². The van der Waals surface area contributed by atoms with Crippen molar-refractivity contribution in [3.05, 3.63) is 67.3 Å². The third-order valence-electron chi connectivity index (χ3n) is 7.04. The van der Waals surface area contributed by atoms with Gasteiger partial charge in [-0.3, -0.25) is 4.79 Å². The molecule has 0 aliphatic carbocycles. The summed E-state index contributed by atoms with van der Waals surface area (Å²) in [6.07, 6.45) is 10.0. The van der Waals surface area contributed by atoms with Gasteiger partial charge < -0.3 is 19.3 Å². The van der Waals surface area contributed by atoms with Gasteiger partial charge in [0.05, 0.1) is 0 Å². The van der Waals surface area contributed by atoms with E-state index in [0.717, 1.165) is 60.0 Å². The summed E-state index contributed by atoms with van der Waals surface area (Å²) in [5, 5.41) is 1.05. The molecular weight excluding hydrogens is 438 g/mol. The molecule has 4 aromatic rings. The van der Waals surface area contributed by atoms with Crippen LogP contribution in [0.3, 0.4) is 0 Å². The molecule has 2 saturated heterocycles.